The number of likely N-dealkylation sites (tertiary alicyclic amines) is 1. The van der Waals surface area contributed by atoms with Crippen molar-refractivity contribution in [1.82, 2.24) is 10.2 Å². The third kappa shape index (κ3) is 2.20. The number of rotatable bonds is 2. The fourth-order valence-corrected chi connectivity index (χ4v) is 1.49. The van der Waals surface area contributed by atoms with Crippen LogP contribution in [0.15, 0.2) is 0 Å². The minimum absolute atomic E-state index is 0.0386. The van der Waals surface area contributed by atoms with Crippen molar-refractivity contribution in [2.45, 2.75) is 38.8 Å². The van der Waals surface area contributed by atoms with Crippen LogP contribution in [-0.2, 0) is 9.59 Å². The van der Waals surface area contributed by atoms with Gasteiger partial charge in [-0.3, -0.25) is 9.59 Å². The fourth-order valence-electron chi connectivity index (χ4n) is 1.49. The normalized spacial score (nSPS) is 22.6. The van der Waals surface area contributed by atoms with Crippen LogP contribution in [0.5, 0.6) is 0 Å². The average Bonchev–Trinajstić information content (AvgIpc) is 2.31. The van der Waals surface area contributed by atoms with Crippen molar-refractivity contribution in [3.05, 3.63) is 0 Å². The molecule has 13 heavy (non-hydrogen) atoms. The minimum atomic E-state index is -0.255. The molecule has 0 aromatic carbocycles. The van der Waals surface area contributed by atoms with E-state index < -0.39 is 0 Å². The molecule has 1 saturated heterocycles. The van der Waals surface area contributed by atoms with Crippen LogP contribution in [0.1, 0.15) is 26.7 Å². The van der Waals surface area contributed by atoms with Gasteiger partial charge in [0, 0.05) is 19.5 Å². The molecule has 1 aliphatic heterocycles. The summed E-state index contributed by atoms with van der Waals surface area (Å²) in [5.74, 6) is 0.0206. The highest BCUT2D eigenvalue weighted by Gasteiger charge is 2.33. The number of nitrogens with zero attached hydrogens (tertiary/aromatic N) is 1. The Hall–Kier alpha value is -1.06. The highest BCUT2D eigenvalue weighted by atomic mass is 16.2. The molecule has 0 radical (unpaired) electrons. The van der Waals surface area contributed by atoms with E-state index in [1.165, 1.54) is 4.90 Å². The monoisotopic (exact) mass is 184 g/mol. The highest BCUT2D eigenvalue weighted by molar-refractivity contribution is 5.90. The number of hydrogen-bond acceptors (Lipinski definition) is 2. The number of carbonyl (C=O) groups is 2. The molecule has 1 fully saturated rings. The lowest BCUT2D eigenvalue weighted by Crippen LogP contribution is -2.44. The van der Waals surface area contributed by atoms with Crippen LogP contribution in [0, 0.1) is 0 Å². The van der Waals surface area contributed by atoms with Crippen LogP contribution >= 0.6 is 0 Å². The number of carbonyl (C=O) groups excluding carboxylic acids is 2. The number of likely N-dealkylation sites (N-methyl/N-ethyl adjacent to an activating group) is 1. The SMILES string of the molecule is CC(C)NC(=O)[C@@H]1CCC(=O)N1C. The predicted molar refractivity (Wildman–Crippen MR) is 49.1 cm³/mol. The fraction of sp³-hybridized carbons (Fsp3) is 0.778. The molecule has 0 aliphatic carbocycles. The smallest absolute Gasteiger partial charge is 0.243 e. The Kier molecular flexibility index (Phi) is 2.90. The summed E-state index contributed by atoms with van der Waals surface area (Å²) in [5.41, 5.74) is 0. The van der Waals surface area contributed by atoms with E-state index in [0.29, 0.717) is 12.8 Å². The Balaban J connectivity index is 2.53. The van der Waals surface area contributed by atoms with E-state index in [4.69, 9.17) is 0 Å². The van der Waals surface area contributed by atoms with E-state index in [1.54, 1.807) is 7.05 Å². The molecule has 1 N–H and O–H groups in total. The topological polar surface area (TPSA) is 49.4 Å². The summed E-state index contributed by atoms with van der Waals surface area (Å²) in [5, 5.41) is 2.80. The Morgan fingerprint density at radius 3 is 2.62 bits per heavy atom. The van der Waals surface area contributed by atoms with E-state index in [0.717, 1.165) is 0 Å². The maximum atomic E-state index is 11.5. The van der Waals surface area contributed by atoms with Gasteiger partial charge in [0.05, 0.1) is 0 Å². The van der Waals surface area contributed by atoms with Gasteiger partial charge in [-0.15, -0.1) is 0 Å². The van der Waals surface area contributed by atoms with Gasteiger partial charge in [0.1, 0.15) is 6.04 Å². The van der Waals surface area contributed by atoms with Crippen molar-refractivity contribution in [3.8, 4) is 0 Å². The molecule has 0 unspecified atom stereocenters. The number of amides is 2. The van der Waals surface area contributed by atoms with E-state index in [9.17, 15) is 9.59 Å². The predicted octanol–water partition coefficient (Wildman–Crippen LogP) is 0.132. The van der Waals surface area contributed by atoms with Crippen molar-refractivity contribution in [3.63, 3.8) is 0 Å². The Morgan fingerprint density at radius 2 is 2.23 bits per heavy atom. The second kappa shape index (κ2) is 3.77. The summed E-state index contributed by atoms with van der Waals surface area (Å²) in [6.45, 7) is 3.82. The molecule has 1 rings (SSSR count). The summed E-state index contributed by atoms with van der Waals surface area (Å²) in [6.07, 6.45) is 1.14. The first-order valence-corrected chi connectivity index (χ1v) is 4.58. The third-order valence-electron chi connectivity index (χ3n) is 2.23. The van der Waals surface area contributed by atoms with Crippen LogP contribution in [0.2, 0.25) is 0 Å². The Morgan fingerprint density at radius 1 is 1.62 bits per heavy atom. The lowest BCUT2D eigenvalue weighted by Gasteiger charge is -2.20. The van der Waals surface area contributed by atoms with Gasteiger partial charge in [0.25, 0.3) is 0 Å². The molecule has 0 saturated carbocycles. The largest absolute Gasteiger partial charge is 0.352 e. The van der Waals surface area contributed by atoms with E-state index in [2.05, 4.69) is 5.32 Å². The molecule has 1 heterocycles. The van der Waals surface area contributed by atoms with Crippen LogP contribution in [-0.4, -0.2) is 35.8 Å². The lowest BCUT2D eigenvalue weighted by atomic mass is 10.2. The molecule has 2 amide bonds. The molecule has 0 aromatic heterocycles. The quantitative estimate of drug-likeness (QED) is 0.663. The first-order valence-electron chi connectivity index (χ1n) is 4.58. The molecule has 4 heteroatoms. The van der Waals surface area contributed by atoms with E-state index in [-0.39, 0.29) is 23.9 Å². The van der Waals surface area contributed by atoms with Gasteiger partial charge in [-0.2, -0.15) is 0 Å². The van der Waals surface area contributed by atoms with E-state index >= 15 is 0 Å². The second-order valence-electron chi connectivity index (χ2n) is 3.72. The zero-order valence-electron chi connectivity index (χ0n) is 8.33. The zero-order valence-corrected chi connectivity index (χ0v) is 8.33. The highest BCUT2D eigenvalue weighted by Crippen LogP contribution is 2.16. The van der Waals surface area contributed by atoms with Gasteiger partial charge in [-0.05, 0) is 20.3 Å². The maximum absolute atomic E-state index is 11.5. The molecule has 1 aliphatic rings. The maximum Gasteiger partial charge on any atom is 0.243 e. The Labute approximate surface area is 78.3 Å². The summed E-state index contributed by atoms with van der Waals surface area (Å²) >= 11 is 0. The summed E-state index contributed by atoms with van der Waals surface area (Å²) in [4.78, 5) is 24.2. The lowest BCUT2D eigenvalue weighted by molar-refractivity contribution is -0.134. The first-order chi connectivity index (χ1) is 6.02. The average molecular weight is 184 g/mol. The zero-order chi connectivity index (χ0) is 10.0. The molecule has 1 atom stereocenters. The standard InChI is InChI=1S/C9H16N2O2/c1-6(2)10-9(13)7-4-5-8(12)11(7)3/h6-7H,4-5H2,1-3H3,(H,10,13)/t7-/m0/s1. The van der Waals surface area contributed by atoms with Gasteiger partial charge in [-0.25, -0.2) is 0 Å². The summed E-state index contributed by atoms with van der Waals surface area (Å²) in [7, 11) is 1.68. The van der Waals surface area contributed by atoms with Gasteiger partial charge in [0.2, 0.25) is 11.8 Å². The van der Waals surface area contributed by atoms with Crippen LogP contribution in [0.3, 0.4) is 0 Å². The molecular weight excluding hydrogens is 168 g/mol. The molecule has 0 spiro atoms. The molecule has 4 nitrogen and oxygen atoms in total. The first kappa shape index (κ1) is 10.0. The van der Waals surface area contributed by atoms with Crippen molar-refractivity contribution in [1.29, 1.82) is 0 Å². The van der Waals surface area contributed by atoms with Gasteiger partial charge < -0.3 is 10.2 Å². The van der Waals surface area contributed by atoms with Crippen molar-refractivity contribution in [2.24, 2.45) is 0 Å². The molecular formula is C9H16N2O2. The van der Waals surface area contributed by atoms with Gasteiger partial charge >= 0.3 is 0 Å². The van der Waals surface area contributed by atoms with E-state index in [1.807, 2.05) is 13.8 Å². The second-order valence-corrected chi connectivity index (χ2v) is 3.72. The molecule has 74 valence electrons. The van der Waals surface area contributed by atoms with Crippen LogP contribution in [0.25, 0.3) is 0 Å². The van der Waals surface area contributed by atoms with Gasteiger partial charge in [0.15, 0.2) is 0 Å². The van der Waals surface area contributed by atoms with Crippen LogP contribution in [0.4, 0.5) is 0 Å². The van der Waals surface area contributed by atoms with Crippen LogP contribution < -0.4 is 5.32 Å². The molecule has 0 bridgehead atoms. The minimum Gasteiger partial charge on any atom is -0.352 e. The van der Waals surface area contributed by atoms with Gasteiger partial charge in [-0.1, -0.05) is 0 Å². The van der Waals surface area contributed by atoms with Crippen molar-refractivity contribution in [2.75, 3.05) is 7.05 Å². The van der Waals surface area contributed by atoms with Crippen molar-refractivity contribution < 1.29 is 9.59 Å². The van der Waals surface area contributed by atoms with Crippen molar-refractivity contribution >= 4 is 11.8 Å². The number of hydrogen-bond donors (Lipinski definition) is 1. The third-order valence-corrected chi connectivity index (χ3v) is 2.23. The number of nitrogens with one attached hydrogen (secondary N) is 1. The Bertz CT molecular complexity index is 226. The summed E-state index contributed by atoms with van der Waals surface area (Å²) < 4.78 is 0. The molecule has 0 aromatic rings. The summed E-state index contributed by atoms with van der Waals surface area (Å²) in [6, 6.07) is -0.119.